The van der Waals surface area contributed by atoms with Crippen molar-refractivity contribution >= 4 is 41.3 Å². The highest BCUT2D eigenvalue weighted by Gasteiger charge is 2.28. The second-order valence-electron chi connectivity index (χ2n) is 6.85. The fourth-order valence-corrected chi connectivity index (χ4v) is 3.57. The number of carboxylic acids is 1. The zero-order valence-electron chi connectivity index (χ0n) is 16.3. The SMILES string of the molecule is O=C(Nc1cccc(N2CCNCC2C(=O)O)c1)Nc1cccc(-n2[nH]nnc2=S)c1. The van der Waals surface area contributed by atoms with E-state index in [1.807, 2.05) is 11.0 Å². The van der Waals surface area contributed by atoms with E-state index in [9.17, 15) is 14.7 Å². The molecule has 160 valence electrons. The number of anilines is 3. The van der Waals surface area contributed by atoms with E-state index >= 15 is 0 Å². The van der Waals surface area contributed by atoms with Gasteiger partial charge < -0.3 is 26.0 Å². The molecule has 4 rings (SSSR count). The molecular weight excluding hydrogens is 420 g/mol. The van der Waals surface area contributed by atoms with Gasteiger partial charge in [0.25, 0.3) is 0 Å². The number of hydrogen-bond donors (Lipinski definition) is 5. The third-order valence-electron chi connectivity index (χ3n) is 4.80. The quantitative estimate of drug-likeness (QED) is 0.379. The Balaban J connectivity index is 1.46. The molecule has 1 fully saturated rings. The zero-order chi connectivity index (χ0) is 21.8. The van der Waals surface area contributed by atoms with Crippen molar-refractivity contribution in [2.24, 2.45) is 0 Å². The molecule has 2 amide bonds. The number of carbonyl (C=O) groups excluding carboxylic acids is 1. The van der Waals surface area contributed by atoms with Crippen LogP contribution in [0, 0.1) is 4.77 Å². The van der Waals surface area contributed by atoms with Crippen molar-refractivity contribution in [2.75, 3.05) is 35.2 Å². The van der Waals surface area contributed by atoms with Gasteiger partial charge in [-0.1, -0.05) is 22.4 Å². The van der Waals surface area contributed by atoms with Crippen LogP contribution in [0.1, 0.15) is 0 Å². The summed E-state index contributed by atoms with van der Waals surface area (Å²) in [5.41, 5.74) is 2.51. The first-order valence-electron chi connectivity index (χ1n) is 9.50. The predicted molar refractivity (Wildman–Crippen MR) is 117 cm³/mol. The third-order valence-corrected chi connectivity index (χ3v) is 5.06. The number of nitrogens with one attached hydrogen (secondary N) is 4. The molecule has 1 aliphatic rings. The molecule has 0 radical (unpaired) electrons. The van der Waals surface area contributed by atoms with Gasteiger partial charge in [-0.25, -0.2) is 14.3 Å². The number of aromatic amines is 1. The number of tetrazole rings is 1. The lowest BCUT2D eigenvalue weighted by molar-refractivity contribution is -0.138. The van der Waals surface area contributed by atoms with E-state index in [2.05, 4.69) is 31.5 Å². The lowest BCUT2D eigenvalue weighted by Gasteiger charge is -2.35. The van der Waals surface area contributed by atoms with Crippen molar-refractivity contribution in [1.82, 2.24) is 25.5 Å². The summed E-state index contributed by atoms with van der Waals surface area (Å²) >= 11 is 5.09. The third kappa shape index (κ3) is 4.70. The molecule has 12 heteroatoms. The van der Waals surface area contributed by atoms with Crippen LogP contribution in [0.25, 0.3) is 5.69 Å². The number of rotatable bonds is 5. The van der Waals surface area contributed by atoms with Crippen LogP contribution in [-0.2, 0) is 4.79 Å². The number of aliphatic carboxylic acids is 1. The van der Waals surface area contributed by atoms with E-state index in [-0.39, 0.29) is 4.77 Å². The summed E-state index contributed by atoms with van der Waals surface area (Å²) in [6.07, 6.45) is 0. The van der Waals surface area contributed by atoms with E-state index in [0.717, 1.165) is 5.69 Å². The summed E-state index contributed by atoms with van der Waals surface area (Å²) < 4.78 is 1.78. The number of nitrogens with zero attached hydrogens (tertiary/aromatic N) is 4. The Bertz CT molecular complexity index is 1160. The fourth-order valence-electron chi connectivity index (χ4n) is 3.38. The Kier molecular flexibility index (Phi) is 5.91. The predicted octanol–water partition coefficient (Wildman–Crippen LogP) is 1.83. The van der Waals surface area contributed by atoms with Crippen LogP contribution in [0.2, 0.25) is 0 Å². The highest BCUT2D eigenvalue weighted by molar-refractivity contribution is 7.71. The van der Waals surface area contributed by atoms with E-state index in [1.165, 1.54) is 4.68 Å². The first-order chi connectivity index (χ1) is 15.0. The average Bonchev–Trinajstić information content (AvgIpc) is 3.20. The molecule has 1 atom stereocenters. The maximum Gasteiger partial charge on any atom is 0.327 e. The van der Waals surface area contributed by atoms with Crippen molar-refractivity contribution in [1.29, 1.82) is 0 Å². The molecule has 0 bridgehead atoms. The Morgan fingerprint density at radius 2 is 1.77 bits per heavy atom. The van der Waals surface area contributed by atoms with Gasteiger partial charge in [0.15, 0.2) is 0 Å². The largest absolute Gasteiger partial charge is 0.480 e. The molecule has 0 spiro atoms. The lowest BCUT2D eigenvalue weighted by Crippen LogP contribution is -2.55. The molecule has 5 N–H and O–H groups in total. The van der Waals surface area contributed by atoms with Gasteiger partial charge in [0, 0.05) is 36.7 Å². The van der Waals surface area contributed by atoms with Gasteiger partial charge in [0.05, 0.1) is 5.69 Å². The van der Waals surface area contributed by atoms with Gasteiger partial charge in [0.1, 0.15) is 6.04 Å². The van der Waals surface area contributed by atoms with Crippen molar-refractivity contribution in [3.05, 3.63) is 53.3 Å². The lowest BCUT2D eigenvalue weighted by atomic mass is 10.1. The van der Waals surface area contributed by atoms with Crippen molar-refractivity contribution < 1.29 is 14.7 Å². The van der Waals surface area contributed by atoms with Crippen molar-refractivity contribution in [3.8, 4) is 5.69 Å². The van der Waals surface area contributed by atoms with Gasteiger partial charge in [-0.15, -0.1) is 0 Å². The molecule has 0 saturated carbocycles. The summed E-state index contributed by atoms with van der Waals surface area (Å²) in [6, 6.07) is 13.0. The number of piperazine rings is 1. The number of benzene rings is 2. The zero-order valence-corrected chi connectivity index (χ0v) is 17.1. The molecule has 31 heavy (non-hydrogen) atoms. The summed E-state index contributed by atoms with van der Waals surface area (Å²) in [5, 5.41) is 28.2. The number of amides is 2. The number of urea groups is 1. The molecule has 3 aromatic rings. The molecular formula is C19H20N8O3S. The summed E-state index contributed by atoms with van der Waals surface area (Å²) in [7, 11) is 0. The van der Waals surface area contributed by atoms with E-state index < -0.39 is 18.0 Å². The highest BCUT2D eigenvalue weighted by atomic mass is 32.1. The first-order valence-corrected chi connectivity index (χ1v) is 9.91. The maximum absolute atomic E-state index is 12.5. The summed E-state index contributed by atoms with van der Waals surface area (Å²) in [5.74, 6) is -0.893. The molecule has 1 unspecified atom stereocenters. The first kappa shape index (κ1) is 20.5. The Morgan fingerprint density at radius 3 is 2.42 bits per heavy atom. The molecule has 2 heterocycles. The molecule has 11 nitrogen and oxygen atoms in total. The standard InChI is InChI=1S/C19H20N8O3S/c28-17(29)16-11-20-7-8-26(16)14-5-1-3-12(9-14)21-18(30)22-13-4-2-6-15(10-13)27-19(31)23-24-25-27/h1-6,9-10,16,20H,7-8,11H2,(H,28,29)(H2,21,22,30)(H,23,25,31). The van der Waals surface area contributed by atoms with Crippen LogP contribution in [0.4, 0.5) is 21.9 Å². The van der Waals surface area contributed by atoms with Crippen LogP contribution in [0.15, 0.2) is 48.5 Å². The molecule has 0 aliphatic carbocycles. The minimum absolute atomic E-state index is 0.269. The maximum atomic E-state index is 12.5. The van der Waals surface area contributed by atoms with Crippen LogP contribution in [0.3, 0.4) is 0 Å². The van der Waals surface area contributed by atoms with Crippen molar-refractivity contribution in [2.45, 2.75) is 6.04 Å². The number of hydrogen-bond acceptors (Lipinski definition) is 7. The van der Waals surface area contributed by atoms with Crippen LogP contribution in [-0.4, -0.2) is 63.0 Å². The van der Waals surface area contributed by atoms with Crippen LogP contribution < -0.4 is 20.9 Å². The number of carboxylic acid groups (broad SMARTS) is 1. The summed E-state index contributed by atoms with van der Waals surface area (Å²) in [4.78, 5) is 25.9. The second kappa shape index (κ2) is 8.93. The van der Waals surface area contributed by atoms with Gasteiger partial charge in [0.2, 0.25) is 4.77 Å². The minimum Gasteiger partial charge on any atom is -0.480 e. The minimum atomic E-state index is -0.893. The van der Waals surface area contributed by atoms with Gasteiger partial charge in [-0.2, -0.15) is 5.21 Å². The van der Waals surface area contributed by atoms with Gasteiger partial charge in [-0.3, -0.25) is 0 Å². The molecule has 1 aliphatic heterocycles. The number of aromatic nitrogens is 4. The fraction of sp³-hybridized carbons (Fsp3) is 0.211. The second-order valence-corrected chi connectivity index (χ2v) is 7.21. The van der Waals surface area contributed by atoms with Crippen molar-refractivity contribution in [3.63, 3.8) is 0 Å². The topological polar surface area (TPSA) is 140 Å². The smallest absolute Gasteiger partial charge is 0.327 e. The Hall–Kier alpha value is -3.77. The number of H-pyrrole nitrogens is 1. The molecule has 1 saturated heterocycles. The Labute approximate surface area is 182 Å². The van der Waals surface area contributed by atoms with Crippen LogP contribution in [0.5, 0.6) is 0 Å². The molecule has 1 aromatic heterocycles. The van der Waals surface area contributed by atoms with E-state index in [1.54, 1.807) is 42.5 Å². The number of carbonyl (C=O) groups is 2. The Morgan fingerprint density at radius 1 is 1.10 bits per heavy atom. The van der Waals surface area contributed by atoms with Crippen LogP contribution >= 0.6 is 12.2 Å². The monoisotopic (exact) mass is 440 g/mol. The van der Waals surface area contributed by atoms with Gasteiger partial charge >= 0.3 is 12.0 Å². The summed E-state index contributed by atoms with van der Waals surface area (Å²) in [6.45, 7) is 1.61. The van der Waals surface area contributed by atoms with E-state index in [4.69, 9.17) is 12.2 Å². The average molecular weight is 440 g/mol. The van der Waals surface area contributed by atoms with Gasteiger partial charge in [-0.05, 0) is 48.6 Å². The normalized spacial score (nSPS) is 16.0. The molecule has 2 aromatic carbocycles. The van der Waals surface area contributed by atoms with E-state index in [0.29, 0.717) is 36.7 Å². The highest BCUT2D eigenvalue weighted by Crippen LogP contribution is 2.23.